The van der Waals surface area contributed by atoms with Crippen LogP contribution in [-0.2, 0) is 9.59 Å². The van der Waals surface area contributed by atoms with Crippen molar-refractivity contribution in [1.29, 1.82) is 0 Å². The van der Waals surface area contributed by atoms with E-state index in [1.54, 1.807) is 24.3 Å². The normalized spacial score (nSPS) is 22.1. The van der Waals surface area contributed by atoms with Crippen LogP contribution >= 0.6 is 0 Å². The fourth-order valence-electron chi connectivity index (χ4n) is 7.19. The number of rotatable bonds is 3. The molecular formula is C35H24N2O3. The maximum atomic E-state index is 14.1. The van der Waals surface area contributed by atoms with Crippen LogP contribution in [0.1, 0.15) is 44.4 Å². The minimum absolute atomic E-state index is 0.164. The van der Waals surface area contributed by atoms with E-state index in [9.17, 15) is 14.4 Å². The summed E-state index contributed by atoms with van der Waals surface area (Å²) in [5, 5.41) is 5.08. The predicted molar refractivity (Wildman–Crippen MR) is 154 cm³/mol. The van der Waals surface area contributed by atoms with Gasteiger partial charge in [-0.1, -0.05) is 84.9 Å². The highest BCUT2D eigenvalue weighted by atomic mass is 16.2. The molecule has 0 radical (unpaired) electrons. The number of anilines is 2. The van der Waals surface area contributed by atoms with Crippen molar-refractivity contribution >= 4 is 39.9 Å². The summed E-state index contributed by atoms with van der Waals surface area (Å²) in [5.41, 5.74) is 6.05. The van der Waals surface area contributed by atoms with Gasteiger partial charge in [0.2, 0.25) is 11.8 Å². The van der Waals surface area contributed by atoms with Crippen molar-refractivity contribution in [2.75, 3.05) is 10.2 Å². The van der Waals surface area contributed by atoms with Crippen molar-refractivity contribution < 1.29 is 14.4 Å². The van der Waals surface area contributed by atoms with E-state index >= 15 is 0 Å². The first-order valence-corrected chi connectivity index (χ1v) is 13.6. The third-order valence-corrected chi connectivity index (χ3v) is 8.82. The number of hydrogen-bond donors (Lipinski definition) is 1. The lowest BCUT2D eigenvalue weighted by Crippen LogP contribution is -2.41. The van der Waals surface area contributed by atoms with Gasteiger partial charge in [0.05, 0.1) is 17.5 Å². The lowest BCUT2D eigenvalue weighted by molar-refractivity contribution is -0.122. The second-order valence-corrected chi connectivity index (χ2v) is 10.8. The van der Waals surface area contributed by atoms with Gasteiger partial charge in [-0.2, -0.15) is 0 Å². The highest BCUT2D eigenvalue weighted by Gasteiger charge is 2.61. The van der Waals surface area contributed by atoms with Gasteiger partial charge in [-0.05, 0) is 63.4 Å². The molecule has 5 heteroatoms. The van der Waals surface area contributed by atoms with E-state index in [4.69, 9.17) is 0 Å². The number of benzene rings is 5. The molecule has 0 aromatic heterocycles. The maximum Gasteiger partial charge on any atom is 0.255 e. The SMILES string of the molecule is O=C(Nc1ccc2ccccc2c1)c1cccc(N2C(=O)[C@H]3C4c5ccccc5C(c5ccccc54)[C@@H]3C2=O)c1. The summed E-state index contributed by atoms with van der Waals surface area (Å²) in [5.74, 6) is -1.93. The van der Waals surface area contributed by atoms with Crippen LogP contribution in [0.3, 0.4) is 0 Å². The van der Waals surface area contributed by atoms with E-state index in [1.165, 1.54) is 4.90 Å². The van der Waals surface area contributed by atoms with Gasteiger partial charge in [0.25, 0.3) is 5.91 Å². The lowest BCUT2D eigenvalue weighted by Gasteiger charge is -2.45. The standard InChI is InChI=1S/C35H24N2O3/c38-33(36-23-17-16-20-8-1-2-9-21(20)18-23)22-10-7-11-24(19-22)37-34(39)31-29-25-12-3-4-13-26(25)30(32(31)35(37)40)28-15-6-5-14-27(28)29/h1-19,29-32H,(H,36,38)/t29?,30?,31-,32-/m0/s1. The minimum atomic E-state index is -0.461. The van der Waals surface area contributed by atoms with Crippen LogP contribution in [0.15, 0.2) is 115 Å². The van der Waals surface area contributed by atoms with Crippen molar-refractivity contribution in [2.24, 2.45) is 11.8 Å². The zero-order chi connectivity index (χ0) is 27.0. The molecule has 192 valence electrons. The van der Waals surface area contributed by atoms with E-state index in [0.29, 0.717) is 16.9 Å². The van der Waals surface area contributed by atoms with Crippen molar-refractivity contribution in [1.82, 2.24) is 0 Å². The Morgan fingerprint density at radius 2 is 1.12 bits per heavy atom. The molecule has 1 saturated heterocycles. The van der Waals surface area contributed by atoms with Gasteiger partial charge in [0.1, 0.15) is 0 Å². The number of carbonyl (C=O) groups is 3. The van der Waals surface area contributed by atoms with Crippen molar-refractivity contribution in [2.45, 2.75) is 11.8 Å². The molecule has 0 unspecified atom stereocenters. The van der Waals surface area contributed by atoms with Crippen LogP contribution in [0.25, 0.3) is 10.8 Å². The second-order valence-electron chi connectivity index (χ2n) is 10.8. The van der Waals surface area contributed by atoms with Crippen LogP contribution in [0, 0.1) is 11.8 Å². The van der Waals surface area contributed by atoms with E-state index in [1.807, 2.05) is 66.7 Å². The quantitative estimate of drug-likeness (QED) is 0.277. The third-order valence-electron chi connectivity index (χ3n) is 8.82. The number of fused-ring (bicyclic) bond motifs is 1. The van der Waals surface area contributed by atoms with Gasteiger partial charge < -0.3 is 5.32 Å². The molecule has 3 amide bonds. The van der Waals surface area contributed by atoms with Gasteiger partial charge in [-0.3, -0.25) is 14.4 Å². The number of amides is 3. The van der Waals surface area contributed by atoms with Crippen LogP contribution in [0.4, 0.5) is 11.4 Å². The topological polar surface area (TPSA) is 66.5 Å². The van der Waals surface area contributed by atoms with Crippen LogP contribution < -0.4 is 10.2 Å². The van der Waals surface area contributed by atoms with Crippen LogP contribution in [-0.4, -0.2) is 17.7 Å². The number of imide groups is 1. The summed E-state index contributed by atoms with van der Waals surface area (Å²) >= 11 is 0. The average Bonchev–Trinajstić information content (AvgIpc) is 3.27. The number of nitrogens with one attached hydrogen (secondary N) is 1. The van der Waals surface area contributed by atoms with Crippen molar-refractivity contribution in [3.63, 3.8) is 0 Å². The van der Waals surface area contributed by atoms with Gasteiger partial charge in [-0.25, -0.2) is 4.90 Å². The Hall–Kier alpha value is -5.03. The molecular weight excluding hydrogens is 496 g/mol. The zero-order valence-electron chi connectivity index (χ0n) is 21.5. The molecule has 5 aromatic rings. The molecule has 5 aromatic carbocycles. The summed E-state index contributed by atoms with van der Waals surface area (Å²) in [6.07, 6.45) is 0. The first-order chi connectivity index (χ1) is 19.6. The smallest absolute Gasteiger partial charge is 0.255 e. The molecule has 4 aliphatic rings. The first kappa shape index (κ1) is 22.9. The number of carbonyl (C=O) groups excluding carboxylic acids is 3. The third kappa shape index (κ3) is 3.18. The van der Waals surface area contributed by atoms with Crippen LogP contribution in [0.2, 0.25) is 0 Å². The van der Waals surface area contributed by atoms with E-state index in [2.05, 4.69) is 29.6 Å². The Bertz CT molecular complexity index is 1780. The summed E-state index contributed by atoms with van der Waals surface area (Å²) in [6.45, 7) is 0. The fraction of sp³-hybridized carbons (Fsp3) is 0.114. The van der Waals surface area contributed by atoms with Gasteiger partial charge in [-0.15, -0.1) is 0 Å². The Morgan fingerprint density at radius 1 is 0.575 bits per heavy atom. The number of hydrogen-bond acceptors (Lipinski definition) is 3. The Balaban J connectivity index is 1.14. The maximum absolute atomic E-state index is 14.1. The minimum Gasteiger partial charge on any atom is -0.322 e. The fourth-order valence-corrected chi connectivity index (χ4v) is 7.19. The number of nitrogens with zero attached hydrogens (tertiary/aromatic N) is 1. The molecule has 1 heterocycles. The Labute approximate surface area is 231 Å². The molecule has 9 rings (SSSR count). The Kier molecular flexibility index (Phi) is 4.86. The lowest BCUT2D eigenvalue weighted by atomic mass is 9.55. The van der Waals surface area contributed by atoms with Crippen molar-refractivity contribution in [3.8, 4) is 0 Å². The largest absolute Gasteiger partial charge is 0.322 e. The second kappa shape index (κ2) is 8.48. The predicted octanol–water partition coefficient (Wildman–Crippen LogP) is 6.49. The molecule has 1 aliphatic heterocycles. The Morgan fingerprint density at radius 3 is 1.73 bits per heavy atom. The van der Waals surface area contributed by atoms with Crippen LogP contribution in [0.5, 0.6) is 0 Å². The zero-order valence-corrected chi connectivity index (χ0v) is 21.5. The summed E-state index contributed by atoms with van der Waals surface area (Å²) < 4.78 is 0. The monoisotopic (exact) mass is 520 g/mol. The average molecular weight is 521 g/mol. The molecule has 0 spiro atoms. The molecule has 3 aliphatic carbocycles. The highest BCUT2D eigenvalue weighted by molar-refractivity contribution is 6.23. The van der Waals surface area contributed by atoms with E-state index < -0.39 is 11.8 Å². The molecule has 1 fully saturated rings. The van der Waals surface area contributed by atoms with Gasteiger partial charge in [0, 0.05) is 23.1 Å². The van der Waals surface area contributed by atoms with E-state index in [0.717, 1.165) is 33.0 Å². The molecule has 0 saturated carbocycles. The summed E-state index contributed by atoms with van der Waals surface area (Å²) in [7, 11) is 0. The van der Waals surface area contributed by atoms with E-state index in [-0.39, 0.29) is 29.6 Å². The molecule has 1 N–H and O–H groups in total. The summed E-state index contributed by atoms with van der Waals surface area (Å²) in [6, 6.07) is 36.9. The van der Waals surface area contributed by atoms with Crippen molar-refractivity contribution in [3.05, 3.63) is 143 Å². The van der Waals surface area contributed by atoms with Gasteiger partial charge in [0.15, 0.2) is 0 Å². The first-order valence-electron chi connectivity index (χ1n) is 13.6. The summed E-state index contributed by atoms with van der Waals surface area (Å²) in [4.78, 5) is 42.7. The van der Waals surface area contributed by atoms with Gasteiger partial charge >= 0.3 is 0 Å². The molecule has 2 bridgehead atoms. The molecule has 2 atom stereocenters. The molecule has 5 nitrogen and oxygen atoms in total. The molecule has 40 heavy (non-hydrogen) atoms. The highest BCUT2D eigenvalue weighted by Crippen LogP contribution is 2.61.